The summed E-state index contributed by atoms with van der Waals surface area (Å²) in [6, 6.07) is 14.1. The van der Waals surface area contributed by atoms with E-state index in [4.69, 9.17) is 4.52 Å². The van der Waals surface area contributed by atoms with E-state index in [1.165, 1.54) is 11.1 Å². The second-order valence-electron chi connectivity index (χ2n) is 8.19. The minimum absolute atomic E-state index is 0.0806. The van der Waals surface area contributed by atoms with Gasteiger partial charge in [0.15, 0.2) is 0 Å². The fourth-order valence-corrected chi connectivity index (χ4v) is 4.68. The quantitative estimate of drug-likeness (QED) is 0.403. The van der Waals surface area contributed by atoms with Crippen LogP contribution in [-0.4, -0.2) is 27.6 Å². The number of rotatable bonds is 5. The van der Waals surface area contributed by atoms with Gasteiger partial charge in [0.2, 0.25) is 17.6 Å². The van der Waals surface area contributed by atoms with Gasteiger partial charge in [0, 0.05) is 35.2 Å². The highest BCUT2D eigenvalue weighted by atomic mass is 32.1. The molecular formula is C25H24N4O2S. The number of anilines is 1. The maximum absolute atomic E-state index is 12.7. The van der Waals surface area contributed by atoms with Gasteiger partial charge in [-0.05, 0) is 43.5 Å². The molecule has 1 aliphatic heterocycles. The van der Waals surface area contributed by atoms with Gasteiger partial charge in [-0.2, -0.15) is 4.98 Å². The molecule has 32 heavy (non-hydrogen) atoms. The highest BCUT2D eigenvalue weighted by molar-refractivity contribution is 7.09. The molecule has 162 valence electrons. The topological polar surface area (TPSA) is 72.1 Å². The Bertz CT molecular complexity index is 1280. The lowest BCUT2D eigenvalue weighted by Crippen LogP contribution is -2.24. The Morgan fingerprint density at radius 2 is 1.84 bits per heavy atom. The number of carbonyl (C=O) groups excluding carboxylic acids is 1. The monoisotopic (exact) mass is 444 g/mol. The van der Waals surface area contributed by atoms with Crippen molar-refractivity contribution in [1.29, 1.82) is 0 Å². The van der Waals surface area contributed by atoms with Crippen molar-refractivity contribution in [2.24, 2.45) is 0 Å². The van der Waals surface area contributed by atoms with Crippen LogP contribution in [0.25, 0.3) is 22.6 Å². The van der Waals surface area contributed by atoms with Gasteiger partial charge >= 0.3 is 0 Å². The molecule has 2 aromatic carbocycles. The van der Waals surface area contributed by atoms with Crippen LogP contribution in [0.15, 0.2) is 52.4 Å². The van der Waals surface area contributed by atoms with Gasteiger partial charge in [-0.1, -0.05) is 42.4 Å². The summed E-state index contributed by atoms with van der Waals surface area (Å²) in [5, 5.41) is 7.38. The van der Waals surface area contributed by atoms with Gasteiger partial charge < -0.3 is 9.42 Å². The molecule has 4 aromatic rings. The Morgan fingerprint density at radius 1 is 1.06 bits per heavy atom. The molecule has 1 atom stereocenters. The summed E-state index contributed by atoms with van der Waals surface area (Å²) in [7, 11) is 0. The molecule has 0 N–H and O–H groups in total. The van der Waals surface area contributed by atoms with E-state index in [1.807, 2.05) is 35.2 Å². The molecule has 0 unspecified atom stereocenters. The minimum atomic E-state index is -0.105. The third-order valence-electron chi connectivity index (χ3n) is 6.01. The molecule has 1 fully saturated rings. The SMILES string of the molecule is CCc1nc(-c2ccc(-c3noc([C@@H]4CC(=O)N(c5ccc(C)c(C)c5)C4)n3)cc2)cs1. The van der Waals surface area contributed by atoms with E-state index >= 15 is 0 Å². The van der Waals surface area contributed by atoms with Crippen molar-refractivity contribution in [3.05, 3.63) is 69.9 Å². The maximum Gasteiger partial charge on any atom is 0.232 e. The summed E-state index contributed by atoms with van der Waals surface area (Å²) in [6.07, 6.45) is 1.32. The average molecular weight is 445 g/mol. The van der Waals surface area contributed by atoms with Crippen LogP contribution in [0.2, 0.25) is 0 Å². The zero-order valence-corrected chi connectivity index (χ0v) is 19.1. The van der Waals surface area contributed by atoms with Crippen molar-refractivity contribution in [3.63, 3.8) is 0 Å². The number of amides is 1. The second-order valence-corrected chi connectivity index (χ2v) is 9.13. The zero-order valence-electron chi connectivity index (χ0n) is 18.3. The van der Waals surface area contributed by atoms with E-state index in [2.05, 4.69) is 53.4 Å². The summed E-state index contributed by atoms with van der Waals surface area (Å²) in [6.45, 7) is 6.78. The minimum Gasteiger partial charge on any atom is -0.339 e. The largest absolute Gasteiger partial charge is 0.339 e. The first-order valence-corrected chi connectivity index (χ1v) is 11.7. The number of aromatic nitrogens is 3. The molecule has 0 aliphatic carbocycles. The molecule has 1 aliphatic rings. The van der Waals surface area contributed by atoms with Gasteiger partial charge in [0.1, 0.15) is 0 Å². The summed E-state index contributed by atoms with van der Waals surface area (Å²) in [5.41, 5.74) is 6.24. The molecule has 1 amide bonds. The van der Waals surface area contributed by atoms with Crippen molar-refractivity contribution in [2.45, 2.75) is 39.5 Å². The zero-order chi connectivity index (χ0) is 22.2. The van der Waals surface area contributed by atoms with Crippen LogP contribution in [0.1, 0.15) is 41.3 Å². The highest BCUT2D eigenvalue weighted by Crippen LogP contribution is 2.33. The fraction of sp³-hybridized carbons (Fsp3) is 0.280. The molecule has 0 radical (unpaired) electrons. The summed E-state index contributed by atoms with van der Waals surface area (Å²) in [4.78, 5) is 23.7. The first-order valence-electron chi connectivity index (χ1n) is 10.8. The Balaban J connectivity index is 1.32. The number of nitrogens with zero attached hydrogens (tertiary/aromatic N) is 4. The summed E-state index contributed by atoms with van der Waals surface area (Å²) < 4.78 is 5.56. The molecule has 5 rings (SSSR count). The molecule has 2 aromatic heterocycles. The van der Waals surface area contributed by atoms with Crippen LogP contribution in [0, 0.1) is 13.8 Å². The predicted molar refractivity (Wildman–Crippen MR) is 126 cm³/mol. The van der Waals surface area contributed by atoms with Crippen LogP contribution in [0.4, 0.5) is 5.69 Å². The van der Waals surface area contributed by atoms with Gasteiger partial charge in [-0.3, -0.25) is 4.79 Å². The summed E-state index contributed by atoms with van der Waals surface area (Å²) >= 11 is 1.68. The maximum atomic E-state index is 12.7. The lowest BCUT2D eigenvalue weighted by atomic mass is 10.1. The van der Waals surface area contributed by atoms with Crippen molar-refractivity contribution >= 4 is 22.9 Å². The third-order valence-corrected chi connectivity index (χ3v) is 7.00. The lowest BCUT2D eigenvalue weighted by Gasteiger charge is -2.17. The van der Waals surface area contributed by atoms with Crippen LogP contribution in [0.3, 0.4) is 0 Å². The smallest absolute Gasteiger partial charge is 0.232 e. The van der Waals surface area contributed by atoms with Crippen molar-refractivity contribution in [3.8, 4) is 22.6 Å². The van der Waals surface area contributed by atoms with Crippen LogP contribution in [0.5, 0.6) is 0 Å². The second kappa shape index (κ2) is 8.31. The molecule has 6 nitrogen and oxygen atoms in total. The van der Waals surface area contributed by atoms with E-state index in [1.54, 1.807) is 11.3 Å². The molecule has 0 bridgehead atoms. The number of aryl methyl sites for hydroxylation is 3. The number of benzene rings is 2. The Labute approximate surface area is 190 Å². The number of hydrogen-bond acceptors (Lipinski definition) is 6. The third kappa shape index (κ3) is 3.84. The molecule has 1 saturated heterocycles. The standard InChI is InChI=1S/C25H24N4O2S/c1-4-22-26-21(14-32-22)17-6-8-18(9-7-17)24-27-25(31-28-24)19-12-23(30)29(13-19)20-10-5-15(2)16(3)11-20/h5-11,14,19H,4,12-13H2,1-3H3/t19-/m1/s1. The van der Waals surface area contributed by atoms with E-state index < -0.39 is 0 Å². The molecule has 0 spiro atoms. The fourth-order valence-electron chi connectivity index (χ4n) is 3.93. The summed E-state index contributed by atoms with van der Waals surface area (Å²) in [5.74, 6) is 1.02. The van der Waals surface area contributed by atoms with E-state index in [-0.39, 0.29) is 11.8 Å². The number of hydrogen-bond donors (Lipinski definition) is 0. The Morgan fingerprint density at radius 3 is 2.56 bits per heavy atom. The molecule has 0 saturated carbocycles. The highest BCUT2D eigenvalue weighted by Gasteiger charge is 2.35. The van der Waals surface area contributed by atoms with Crippen molar-refractivity contribution in [1.82, 2.24) is 15.1 Å². The first-order chi connectivity index (χ1) is 15.5. The molecular weight excluding hydrogens is 420 g/mol. The van der Waals surface area contributed by atoms with Gasteiger partial charge in [-0.15, -0.1) is 11.3 Å². The van der Waals surface area contributed by atoms with E-state index in [9.17, 15) is 4.79 Å². The van der Waals surface area contributed by atoms with E-state index in [0.717, 1.165) is 33.9 Å². The van der Waals surface area contributed by atoms with Crippen molar-refractivity contribution in [2.75, 3.05) is 11.4 Å². The van der Waals surface area contributed by atoms with Crippen LogP contribution in [-0.2, 0) is 11.2 Å². The van der Waals surface area contributed by atoms with E-state index in [0.29, 0.717) is 24.7 Å². The van der Waals surface area contributed by atoms with Gasteiger partial charge in [0.05, 0.1) is 16.6 Å². The van der Waals surface area contributed by atoms with Crippen molar-refractivity contribution < 1.29 is 9.32 Å². The normalized spacial score (nSPS) is 16.2. The Hall–Kier alpha value is -3.32. The van der Waals surface area contributed by atoms with Crippen LogP contribution >= 0.6 is 11.3 Å². The lowest BCUT2D eigenvalue weighted by molar-refractivity contribution is -0.117. The molecule has 7 heteroatoms. The molecule has 3 heterocycles. The average Bonchev–Trinajstić information content (AvgIpc) is 3.55. The predicted octanol–water partition coefficient (Wildman–Crippen LogP) is 5.56. The van der Waals surface area contributed by atoms with Crippen LogP contribution < -0.4 is 4.90 Å². The number of thiazole rings is 1. The number of carbonyl (C=O) groups is 1. The van der Waals surface area contributed by atoms with Gasteiger partial charge in [0.25, 0.3) is 0 Å². The Kier molecular flexibility index (Phi) is 5.35. The van der Waals surface area contributed by atoms with Gasteiger partial charge in [-0.25, -0.2) is 4.98 Å². The first kappa shape index (κ1) is 20.6.